The first-order valence-corrected chi connectivity index (χ1v) is 14.1. The van der Waals surface area contributed by atoms with Crippen molar-refractivity contribution in [2.24, 2.45) is 11.8 Å². The first kappa shape index (κ1) is 25.3. The van der Waals surface area contributed by atoms with Crippen LogP contribution in [0.1, 0.15) is 48.8 Å². The quantitative estimate of drug-likeness (QED) is 0.539. The number of amides is 1. The summed E-state index contributed by atoms with van der Waals surface area (Å²) in [7, 11) is 2.21. The molecule has 0 radical (unpaired) electrons. The summed E-state index contributed by atoms with van der Waals surface area (Å²) < 4.78 is 6.31. The smallest absolute Gasteiger partial charge is 0.224 e. The lowest BCUT2D eigenvalue weighted by Crippen LogP contribution is -2.48. The second-order valence-corrected chi connectivity index (χ2v) is 11.2. The molecule has 5 nitrogen and oxygen atoms in total. The van der Waals surface area contributed by atoms with Crippen LogP contribution in [0.3, 0.4) is 0 Å². The number of carbonyl (C=O) groups is 1. The standard InChI is InChI=1S/C31H43N3O2/c1-33-17-6-11-29(33)14-16-32-31(35)28-19-25(21-34(22-28)18-15-24-7-3-2-4-8-24)23-36-30-13-12-26-9-5-10-27(26)20-30/h2-4,7-8,12-13,20,25,28-29H,5-6,9-11,14-19,21-23H2,1H3,(H,32,35)/t25-,28+,29-/m0/s1. The van der Waals surface area contributed by atoms with E-state index in [1.165, 1.54) is 55.3 Å². The number of hydrogen-bond donors (Lipinski definition) is 1. The van der Waals surface area contributed by atoms with E-state index in [9.17, 15) is 4.79 Å². The zero-order chi connectivity index (χ0) is 24.7. The van der Waals surface area contributed by atoms with Gasteiger partial charge in [0.1, 0.15) is 5.75 Å². The van der Waals surface area contributed by atoms with Gasteiger partial charge < -0.3 is 19.9 Å². The Morgan fingerprint density at radius 1 is 1.06 bits per heavy atom. The zero-order valence-electron chi connectivity index (χ0n) is 22.0. The summed E-state index contributed by atoms with van der Waals surface area (Å²) in [6.45, 7) is 5.47. The third-order valence-electron chi connectivity index (χ3n) is 8.55. The third kappa shape index (κ3) is 6.68. The first-order chi connectivity index (χ1) is 17.6. The highest BCUT2D eigenvalue weighted by atomic mass is 16.5. The highest BCUT2D eigenvalue weighted by Gasteiger charge is 2.32. The maximum Gasteiger partial charge on any atom is 0.224 e. The molecule has 3 aliphatic rings. The van der Waals surface area contributed by atoms with Crippen LogP contribution in [0, 0.1) is 11.8 Å². The summed E-state index contributed by atoms with van der Waals surface area (Å²) >= 11 is 0. The fraction of sp³-hybridized carbons (Fsp3) is 0.581. The molecular formula is C31H43N3O2. The molecule has 0 unspecified atom stereocenters. The normalized spacial score (nSPS) is 24.5. The Labute approximate surface area is 217 Å². The van der Waals surface area contributed by atoms with Gasteiger partial charge in [0.15, 0.2) is 0 Å². The van der Waals surface area contributed by atoms with Gasteiger partial charge in [0.05, 0.1) is 12.5 Å². The van der Waals surface area contributed by atoms with Crippen LogP contribution in [-0.2, 0) is 24.1 Å². The molecular weight excluding hydrogens is 446 g/mol. The van der Waals surface area contributed by atoms with E-state index in [4.69, 9.17) is 4.74 Å². The predicted octanol–water partition coefficient (Wildman–Crippen LogP) is 4.34. The summed E-state index contributed by atoms with van der Waals surface area (Å²) in [6.07, 6.45) is 9.13. The Kier molecular flexibility index (Phi) is 8.60. The van der Waals surface area contributed by atoms with Gasteiger partial charge in [0.25, 0.3) is 0 Å². The van der Waals surface area contributed by atoms with Gasteiger partial charge in [-0.2, -0.15) is 0 Å². The summed E-state index contributed by atoms with van der Waals surface area (Å²) in [5.74, 6) is 1.60. The minimum absolute atomic E-state index is 0.0319. The summed E-state index contributed by atoms with van der Waals surface area (Å²) in [6, 6.07) is 17.9. The number of nitrogens with one attached hydrogen (secondary N) is 1. The maximum absolute atomic E-state index is 13.2. The van der Waals surface area contributed by atoms with Crippen molar-refractivity contribution in [3.8, 4) is 5.75 Å². The lowest BCUT2D eigenvalue weighted by Gasteiger charge is -2.37. The minimum atomic E-state index is 0.0319. The molecule has 5 heteroatoms. The monoisotopic (exact) mass is 489 g/mol. The summed E-state index contributed by atoms with van der Waals surface area (Å²) in [5, 5.41) is 3.28. The molecule has 1 N–H and O–H groups in total. The fourth-order valence-electron chi connectivity index (χ4n) is 6.43. The van der Waals surface area contributed by atoms with Crippen LogP contribution in [0.25, 0.3) is 0 Å². The molecule has 0 saturated carbocycles. The second kappa shape index (κ2) is 12.2. The van der Waals surface area contributed by atoms with E-state index in [0.29, 0.717) is 18.6 Å². The molecule has 1 aliphatic carbocycles. The van der Waals surface area contributed by atoms with E-state index in [-0.39, 0.29) is 11.8 Å². The predicted molar refractivity (Wildman–Crippen MR) is 145 cm³/mol. The van der Waals surface area contributed by atoms with E-state index in [1.54, 1.807) is 0 Å². The number of carbonyl (C=O) groups excluding carboxylic acids is 1. The number of benzene rings is 2. The number of aryl methyl sites for hydroxylation is 2. The average molecular weight is 490 g/mol. The van der Waals surface area contributed by atoms with E-state index in [1.807, 2.05) is 0 Å². The van der Waals surface area contributed by atoms with Crippen LogP contribution in [-0.4, -0.2) is 68.1 Å². The van der Waals surface area contributed by atoms with Crippen molar-refractivity contribution in [3.05, 3.63) is 65.2 Å². The Hall–Kier alpha value is -2.37. The average Bonchev–Trinajstić information content (AvgIpc) is 3.55. The van der Waals surface area contributed by atoms with Gasteiger partial charge in [0, 0.05) is 38.1 Å². The van der Waals surface area contributed by atoms with Gasteiger partial charge in [-0.1, -0.05) is 36.4 Å². The zero-order valence-corrected chi connectivity index (χ0v) is 22.0. The van der Waals surface area contributed by atoms with Gasteiger partial charge in [0.2, 0.25) is 5.91 Å². The van der Waals surface area contributed by atoms with Gasteiger partial charge in [-0.15, -0.1) is 0 Å². The Morgan fingerprint density at radius 3 is 2.75 bits per heavy atom. The number of piperidine rings is 1. The van der Waals surface area contributed by atoms with Crippen LogP contribution < -0.4 is 10.1 Å². The van der Waals surface area contributed by atoms with Gasteiger partial charge >= 0.3 is 0 Å². The first-order valence-electron chi connectivity index (χ1n) is 14.1. The van der Waals surface area contributed by atoms with Crippen molar-refractivity contribution in [1.29, 1.82) is 0 Å². The number of ether oxygens (including phenoxy) is 1. The maximum atomic E-state index is 13.2. The lowest BCUT2D eigenvalue weighted by atomic mass is 9.88. The highest BCUT2D eigenvalue weighted by Crippen LogP contribution is 2.28. The Balaban J connectivity index is 1.17. The molecule has 0 bridgehead atoms. The highest BCUT2D eigenvalue weighted by molar-refractivity contribution is 5.79. The fourth-order valence-corrected chi connectivity index (χ4v) is 6.43. The number of fused-ring (bicyclic) bond motifs is 1. The second-order valence-electron chi connectivity index (χ2n) is 11.2. The van der Waals surface area contributed by atoms with Crippen molar-refractivity contribution in [2.75, 3.05) is 46.4 Å². The van der Waals surface area contributed by atoms with Crippen LogP contribution >= 0.6 is 0 Å². The summed E-state index contributed by atoms with van der Waals surface area (Å²) in [4.78, 5) is 18.2. The molecule has 194 valence electrons. The topological polar surface area (TPSA) is 44.8 Å². The molecule has 1 amide bonds. The van der Waals surface area contributed by atoms with E-state index in [0.717, 1.165) is 51.2 Å². The van der Waals surface area contributed by atoms with Crippen molar-refractivity contribution in [3.63, 3.8) is 0 Å². The van der Waals surface area contributed by atoms with Gasteiger partial charge in [-0.3, -0.25) is 4.79 Å². The van der Waals surface area contributed by atoms with Crippen LogP contribution in [0.15, 0.2) is 48.5 Å². The Morgan fingerprint density at radius 2 is 1.92 bits per heavy atom. The third-order valence-corrected chi connectivity index (χ3v) is 8.55. The largest absolute Gasteiger partial charge is 0.493 e. The number of likely N-dealkylation sites (tertiary alicyclic amines) is 2. The molecule has 5 rings (SSSR count). The molecule has 2 aliphatic heterocycles. The molecule has 0 spiro atoms. The van der Waals surface area contributed by atoms with Crippen molar-refractivity contribution in [1.82, 2.24) is 15.1 Å². The number of hydrogen-bond acceptors (Lipinski definition) is 4. The number of rotatable bonds is 10. The minimum Gasteiger partial charge on any atom is -0.493 e. The molecule has 2 saturated heterocycles. The van der Waals surface area contributed by atoms with Crippen LogP contribution in [0.2, 0.25) is 0 Å². The van der Waals surface area contributed by atoms with Crippen molar-refractivity contribution >= 4 is 5.91 Å². The van der Waals surface area contributed by atoms with Crippen LogP contribution in [0.4, 0.5) is 0 Å². The van der Waals surface area contributed by atoms with E-state index in [2.05, 4.69) is 70.7 Å². The van der Waals surface area contributed by atoms with Crippen molar-refractivity contribution < 1.29 is 9.53 Å². The molecule has 3 atom stereocenters. The molecule has 2 heterocycles. The van der Waals surface area contributed by atoms with Crippen molar-refractivity contribution in [2.45, 2.75) is 57.4 Å². The lowest BCUT2D eigenvalue weighted by molar-refractivity contribution is -0.127. The SMILES string of the molecule is CN1CCC[C@H]1CCNC(=O)[C@@H]1C[C@H](COc2ccc3c(c2)CCC3)CN(CCc2ccccc2)C1. The molecule has 0 aromatic heterocycles. The van der Waals surface area contributed by atoms with Gasteiger partial charge in [-0.25, -0.2) is 0 Å². The summed E-state index contributed by atoms with van der Waals surface area (Å²) in [5.41, 5.74) is 4.29. The molecule has 2 aromatic carbocycles. The molecule has 36 heavy (non-hydrogen) atoms. The molecule has 2 aromatic rings. The number of nitrogens with zero attached hydrogens (tertiary/aromatic N) is 2. The van der Waals surface area contributed by atoms with Crippen LogP contribution in [0.5, 0.6) is 5.75 Å². The van der Waals surface area contributed by atoms with Gasteiger partial charge in [-0.05, 0) is 93.8 Å². The van der Waals surface area contributed by atoms with E-state index < -0.39 is 0 Å². The molecule has 2 fully saturated rings. The van der Waals surface area contributed by atoms with E-state index >= 15 is 0 Å². The Bertz CT molecular complexity index is 995.